The third kappa shape index (κ3) is 3.94. The van der Waals surface area contributed by atoms with E-state index in [1.807, 2.05) is 0 Å². The standard InChI is InChI=1S/C25H24ClN3S/c1-17-12-13-20-21(14-17)30-24-22(20)23(27-25(26)28-24)29(15-18-8-4-2-5-9-18)16-19-10-6-3-7-11-19/h2-11,17H,12-16H2,1H3. The van der Waals surface area contributed by atoms with Gasteiger partial charge in [-0.15, -0.1) is 11.3 Å². The third-order valence-electron chi connectivity index (χ3n) is 5.84. The molecule has 0 saturated carbocycles. The minimum Gasteiger partial charge on any atom is -0.347 e. The Labute approximate surface area is 186 Å². The summed E-state index contributed by atoms with van der Waals surface area (Å²) in [6, 6.07) is 21.1. The Kier molecular flexibility index (Phi) is 5.45. The fourth-order valence-electron chi connectivity index (χ4n) is 4.34. The summed E-state index contributed by atoms with van der Waals surface area (Å²) in [5, 5.41) is 1.54. The second kappa shape index (κ2) is 8.37. The number of hydrogen-bond donors (Lipinski definition) is 0. The minimum atomic E-state index is 0.329. The van der Waals surface area contributed by atoms with Gasteiger partial charge >= 0.3 is 0 Å². The number of hydrogen-bond acceptors (Lipinski definition) is 4. The topological polar surface area (TPSA) is 29.0 Å². The molecule has 0 fully saturated rings. The van der Waals surface area contributed by atoms with E-state index in [1.165, 1.54) is 33.4 Å². The van der Waals surface area contributed by atoms with E-state index in [9.17, 15) is 0 Å². The molecule has 152 valence electrons. The van der Waals surface area contributed by atoms with Gasteiger partial charge in [0.1, 0.15) is 10.6 Å². The van der Waals surface area contributed by atoms with Crippen LogP contribution in [0.1, 0.15) is 34.9 Å². The first-order valence-corrected chi connectivity index (χ1v) is 11.7. The van der Waals surface area contributed by atoms with Crippen LogP contribution in [-0.2, 0) is 25.9 Å². The summed E-state index contributed by atoms with van der Waals surface area (Å²) in [6.45, 7) is 3.89. The maximum Gasteiger partial charge on any atom is 0.225 e. The molecule has 4 aromatic rings. The normalized spacial score (nSPS) is 15.9. The first-order valence-electron chi connectivity index (χ1n) is 10.5. The molecule has 1 atom stereocenters. The van der Waals surface area contributed by atoms with Crippen molar-refractivity contribution in [2.75, 3.05) is 4.90 Å². The molecule has 5 heteroatoms. The second-order valence-electron chi connectivity index (χ2n) is 8.18. The van der Waals surface area contributed by atoms with Crippen LogP contribution >= 0.6 is 22.9 Å². The Morgan fingerprint density at radius 2 is 1.60 bits per heavy atom. The van der Waals surface area contributed by atoms with E-state index in [0.717, 1.165) is 42.5 Å². The molecular weight excluding hydrogens is 410 g/mol. The van der Waals surface area contributed by atoms with Crippen molar-refractivity contribution in [3.8, 4) is 0 Å². The van der Waals surface area contributed by atoms with Crippen molar-refractivity contribution in [1.82, 2.24) is 9.97 Å². The Hall–Kier alpha value is -2.43. The van der Waals surface area contributed by atoms with Crippen LogP contribution in [-0.4, -0.2) is 9.97 Å². The highest BCUT2D eigenvalue weighted by Gasteiger charge is 2.26. The van der Waals surface area contributed by atoms with Crippen LogP contribution in [0, 0.1) is 5.92 Å². The SMILES string of the molecule is CC1CCc2c(sc3nc(Cl)nc(N(Cc4ccccc4)Cc4ccccc4)c23)C1. The molecule has 0 N–H and O–H groups in total. The monoisotopic (exact) mass is 433 g/mol. The molecule has 0 spiro atoms. The maximum atomic E-state index is 6.42. The second-order valence-corrected chi connectivity index (χ2v) is 9.60. The molecule has 1 aliphatic carbocycles. The average molecular weight is 434 g/mol. The van der Waals surface area contributed by atoms with Crippen molar-refractivity contribution < 1.29 is 0 Å². The van der Waals surface area contributed by atoms with Crippen molar-refractivity contribution in [2.24, 2.45) is 5.92 Å². The van der Waals surface area contributed by atoms with Crippen molar-refractivity contribution in [2.45, 2.75) is 39.3 Å². The van der Waals surface area contributed by atoms with Crippen molar-refractivity contribution in [3.63, 3.8) is 0 Å². The van der Waals surface area contributed by atoms with E-state index in [-0.39, 0.29) is 0 Å². The summed E-state index contributed by atoms with van der Waals surface area (Å²) >= 11 is 8.22. The lowest BCUT2D eigenvalue weighted by molar-refractivity contribution is 0.509. The number of rotatable bonds is 5. The zero-order chi connectivity index (χ0) is 20.5. The van der Waals surface area contributed by atoms with Gasteiger partial charge < -0.3 is 4.90 Å². The van der Waals surface area contributed by atoms with Gasteiger partial charge in [0.05, 0.1) is 5.39 Å². The van der Waals surface area contributed by atoms with Gasteiger partial charge in [0, 0.05) is 18.0 Å². The molecule has 2 aromatic carbocycles. The lowest BCUT2D eigenvalue weighted by Gasteiger charge is -2.26. The molecular formula is C25H24ClN3S. The Morgan fingerprint density at radius 1 is 0.967 bits per heavy atom. The summed E-state index contributed by atoms with van der Waals surface area (Å²) < 4.78 is 0. The largest absolute Gasteiger partial charge is 0.347 e. The molecule has 0 aliphatic heterocycles. The quantitative estimate of drug-likeness (QED) is 0.329. The van der Waals surface area contributed by atoms with E-state index in [2.05, 4.69) is 77.5 Å². The predicted molar refractivity (Wildman–Crippen MR) is 126 cm³/mol. The first kappa shape index (κ1) is 19.5. The van der Waals surface area contributed by atoms with Crippen LogP contribution in [0.4, 0.5) is 5.82 Å². The Balaban J connectivity index is 1.64. The summed E-state index contributed by atoms with van der Waals surface area (Å²) in [6.07, 6.45) is 3.45. The zero-order valence-electron chi connectivity index (χ0n) is 17.0. The molecule has 0 bridgehead atoms. The van der Waals surface area contributed by atoms with E-state index < -0.39 is 0 Å². The van der Waals surface area contributed by atoms with Gasteiger partial charge in [0.2, 0.25) is 5.28 Å². The van der Waals surface area contributed by atoms with Crippen LogP contribution in [0.2, 0.25) is 5.28 Å². The minimum absolute atomic E-state index is 0.329. The highest BCUT2D eigenvalue weighted by Crippen LogP contribution is 2.42. The van der Waals surface area contributed by atoms with E-state index in [1.54, 1.807) is 11.3 Å². The van der Waals surface area contributed by atoms with Gasteiger partial charge in [-0.3, -0.25) is 0 Å². The summed E-state index contributed by atoms with van der Waals surface area (Å²) in [5.74, 6) is 1.69. The molecule has 2 heterocycles. The van der Waals surface area contributed by atoms with Gasteiger partial charge in [-0.1, -0.05) is 67.6 Å². The number of halogens is 1. The summed E-state index contributed by atoms with van der Waals surface area (Å²) in [7, 11) is 0. The number of aromatic nitrogens is 2. The highest BCUT2D eigenvalue weighted by atomic mass is 35.5. The van der Waals surface area contributed by atoms with Crippen LogP contribution in [0.15, 0.2) is 60.7 Å². The molecule has 0 amide bonds. The molecule has 0 radical (unpaired) electrons. The third-order valence-corrected chi connectivity index (χ3v) is 7.16. The van der Waals surface area contributed by atoms with Gasteiger partial charge in [-0.05, 0) is 53.5 Å². The predicted octanol–water partition coefficient (Wildman–Crippen LogP) is 6.68. The first-order chi connectivity index (χ1) is 14.7. The fraction of sp³-hybridized carbons (Fsp3) is 0.280. The van der Waals surface area contributed by atoms with Gasteiger partial charge in [0.25, 0.3) is 0 Å². The van der Waals surface area contributed by atoms with Crippen LogP contribution in [0.25, 0.3) is 10.2 Å². The van der Waals surface area contributed by atoms with Crippen LogP contribution in [0.5, 0.6) is 0 Å². The van der Waals surface area contributed by atoms with Crippen molar-refractivity contribution in [1.29, 1.82) is 0 Å². The molecule has 0 saturated heterocycles. The van der Waals surface area contributed by atoms with Gasteiger partial charge in [-0.25, -0.2) is 4.98 Å². The van der Waals surface area contributed by atoms with Gasteiger partial charge in [-0.2, -0.15) is 4.98 Å². The van der Waals surface area contributed by atoms with E-state index in [0.29, 0.717) is 5.28 Å². The Bertz CT molecular complexity index is 1120. The number of thiophene rings is 1. The number of benzene rings is 2. The number of fused-ring (bicyclic) bond motifs is 3. The number of nitrogens with zero attached hydrogens (tertiary/aromatic N) is 3. The number of aryl methyl sites for hydroxylation is 1. The fourth-order valence-corrected chi connectivity index (χ4v) is 5.93. The zero-order valence-corrected chi connectivity index (χ0v) is 18.6. The maximum absolute atomic E-state index is 6.42. The molecule has 3 nitrogen and oxygen atoms in total. The van der Waals surface area contributed by atoms with Gasteiger partial charge in [0.15, 0.2) is 0 Å². The molecule has 30 heavy (non-hydrogen) atoms. The van der Waals surface area contributed by atoms with E-state index in [4.69, 9.17) is 16.6 Å². The van der Waals surface area contributed by atoms with Crippen LogP contribution in [0.3, 0.4) is 0 Å². The lowest BCUT2D eigenvalue weighted by atomic mass is 9.89. The Morgan fingerprint density at radius 3 is 2.23 bits per heavy atom. The molecule has 2 aromatic heterocycles. The molecule has 1 aliphatic rings. The average Bonchev–Trinajstić information content (AvgIpc) is 3.11. The number of anilines is 1. The lowest BCUT2D eigenvalue weighted by Crippen LogP contribution is -2.24. The molecule has 1 unspecified atom stereocenters. The van der Waals surface area contributed by atoms with Crippen molar-refractivity contribution in [3.05, 3.63) is 87.5 Å². The van der Waals surface area contributed by atoms with E-state index >= 15 is 0 Å². The highest BCUT2D eigenvalue weighted by molar-refractivity contribution is 7.19. The van der Waals surface area contributed by atoms with Crippen LogP contribution < -0.4 is 4.90 Å². The smallest absolute Gasteiger partial charge is 0.225 e. The van der Waals surface area contributed by atoms with Crippen molar-refractivity contribution >= 4 is 39.0 Å². The summed E-state index contributed by atoms with van der Waals surface area (Å²) in [5.41, 5.74) is 3.95. The summed E-state index contributed by atoms with van der Waals surface area (Å²) in [4.78, 5) is 14.2. The molecule has 5 rings (SSSR count).